The highest BCUT2D eigenvalue weighted by Crippen LogP contribution is 2.26. The molecule has 1 saturated carbocycles. The highest BCUT2D eigenvalue weighted by Gasteiger charge is 2.31. The maximum Gasteiger partial charge on any atom is 0.293 e. The van der Waals surface area contributed by atoms with Gasteiger partial charge in [-0.3, -0.25) is 9.59 Å². The summed E-state index contributed by atoms with van der Waals surface area (Å²) in [6, 6.07) is 1.91. The molecule has 2 amide bonds. The minimum absolute atomic E-state index is 0.170. The second-order valence-corrected chi connectivity index (χ2v) is 7.64. The molecule has 8 heteroatoms. The highest BCUT2D eigenvalue weighted by atomic mass is 16.2. The predicted octanol–water partition coefficient (Wildman–Crippen LogP) is 1.61. The maximum atomic E-state index is 12.8. The van der Waals surface area contributed by atoms with Crippen molar-refractivity contribution in [3.05, 3.63) is 23.3 Å². The zero-order valence-electron chi connectivity index (χ0n) is 16.0. The highest BCUT2D eigenvalue weighted by molar-refractivity contribution is 5.91. The fraction of sp³-hybridized carbons (Fsp3) is 0.632. The van der Waals surface area contributed by atoms with Gasteiger partial charge in [0.15, 0.2) is 0 Å². The van der Waals surface area contributed by atoms with Gasteiger partial charge in [-0.2, -0.15) is 4.98 Å². The van der Waals surface area contributed by atoms with Crippen molar-refractivity contribution in [3.8, 4) is 0 Å². The van der Waals surface area contributed by atoms with Crippen molar-refractivity contribution in [2.45, 2.75) is 46.0 Å². The first-order valence-electron chi connectivity index (χ1n) is 9.82. The fourth-order valence-electron chi connectivity index (χ4n) is 4.14. The number of fused-ring (bicyclic) bond motifs is 1. The third kappa shape index (κ3) is 3.52. The Morgan fingerprint density at radius 1 is 0.963 bits per heavy atom. The molecule has 0 atom stereocenters. The molecule has 0 radical (unpaired) electrons. The summed E-state index contributed by atoms with van der Waals surface area (Å²) in [5.74, 6) is 0.869. The van der Waals surface area contributed by atoms with Crippen LogP contribution in [0.15, 0.2) is 6.07 Å². The normalized spacial score (nSPS) is 18.9. The molecule has 4 rings (SSSR count). The summed E-state index contributed by atoms with van der Waals surface area (Å²) in [7, 11) is 0. The molecule has 2 aliphatic rings. The molecule has 3 heterocycles. The SMILES string of the molecule is Cc1cc(C)n2nc(C(=O)N3CCN(C(=O)C4CCCCC4)CC3)nc2n1. The van der Waals surface area contributed by atoms with E-state index in [1.54, 1.807) is 9.42 Å². The monoisotopic (exact) mass is 370 g/mol. The number of carbonyl (C=O) groups is 2. The van der Waals surface area contributed by atoms with Gasteiger partial charge in [-0.1, -0.05) is 19.3 Å². The average Bonchev–Trinajstić information content (AvgIpc) is 3.12. The van der Waals surface area contributed by atoms with Crippen molar-refractivity contribution >= 4 is 17.6 Å². The number of rotatable bonds is 2. The average molecular weight is 370 g/mol. The summed E-state index contributed by atoms with van der Waals surface area (Å²) in [6.07, 6.45) is 5.57. The van der Waals surface area contributed by atoms with Crippen molar-refractivity contribution in [1.82, 2.24) is 29.4 Å². The van der Waals surface area contributed by atoms with Gasteiger partial charge in [0.1, 0.15) is 0 Å². The van der Waals surface area contributed by atoms with Crippen LogP contribution in [-0.2, 0) is 4.79 Å². The van der Waals surface area contributed by atoms with E-state index in [1.807, 2.05) is 24.8 Å². The Morgan fingerprint density at radius 3 is 2.33 bits per heavy atom. The first-order valence-corrected chi connectivity index (χ1v) is 9.82. The number of hydrogen-bond acceptors (Lipinski definition) is 5. The zero-order valence-corrected chi connectivity index (χ0v) is 16.0. The quantitative estimate of drug-likeness (QED) is 0.802. The molecule has 1 aliphatic heterocycles. The Balaban J connectivity index is 1.41. The lowest BCUT2D eigenvalue weighted by Crippen LogP contribution is -2.52. The van der Waals surface area contributed by atoms with Gasteiger partial charge in [0.05, 0.1) is 0 Å². The predicted molar refractivity (Wildman–Crippen MR) is 99.3 cm³/mol. The lowest BCUT2D eigenvalue weighted by atomic mass is 9.88. The Bertz CT molecular complexity index is 862. The number of aromatic nitrogens is 4. The van der Waals surface area contributed by atoms with Crippen molar-refractivity contribution in [3.63, 3.8) is 0 Å². The largest absolute Gasteiger partial charge is 0.339 e. The molecule has 2 aromatic heterocycles. The van der Waals surface area contributed by atoms with Gasteiger partial charge >= 0.3 is 0 Å². The van der Waals surface area contributed by atoms with Crippen LogP contribution < -0.4 is 0 Å². The standard InChI is InChI=1S/C19H26N6O2/c1-13-12-14(2)25-19(20-13)21-16(22-25)18(27)24-10-8-23(9-11-24)17(26)15-6-4-3-5-7-15/h12,15H,3-11H2,1-2H3. The molecule has 0 bridgehead atoms. The first kappa shape index (κ1) is 17.9. The van der Waals surface area contributed by atoms with Gasteiger partial charge in [-0.05, 0) is 32.8 Å². The lowest BCUT2D eigenvalue weighted by Gasteiger charge is -2.36. The Labute approximate surface area is 158 Å². The second kappa shape index (κ2) is 7.25. The number of carbonyl (C=O) groups excluding carboxylic acids is 2. The van der Waals surface area contributed by atoms with E-state index >= 15 is 0 Å². The van der Waals surface area contributed by atoms with Gasteiger partial charge < -0.3 is 9.80 Å². The van der Waals surface area contributed by atoms with E-state index in [-0.39, 0.29) is 23.6 Å². The van der Waals surface area contributed by atoms with Gasteiger partial charge in [-0.25, -0.2) is 9.50 Å². The first-order chi connectivity index (χ1) is 13.0. The van der Waals surface area contributed by atoms with E-state index in [2.05, 4.69) is 15.1 Å². The van der Waals surface area contributed by atoms with Gasteiger partial charge in [-0.15, -0.1) is 5.10 Å². The van der Waals surface area contributed by atoms with Crippen LogP contribution in [0.4, 0.5) is 0 Å². The molecule has 8 nitrogen and oxygen atoms in total. The van der Waals surface area contributed by atoms with E-state index in [1.165, 1.54) is 6.42 Å². The molecule has 1 aliphatic carbocycles. The summed E-state index contributed by atoms with van der Waals surface area (Å²) >= 11 is 0. The lowest BCUT2D eigenvalue weighted by molar-refractivity contribution is -0.138. The van der Waals surface area contributed by atoms with Crippen LogP contribution >= 0.6 is 0 Å². The van der Waals surface area contributed by atoms with E-state index in [4.69, 9.17) is 0 Å². The Kier molecular flexibility index (Phi) is 4.80. The molecule has 0 aromatic carbocycles. The summed E-state index contributed by atoms with van der Waals surface area (Å²) in [6.45, 7) is 6.04. The number of piperazine rings is 1. The molecule has 144 valence electrons. The second-order valence-electron chi connectivity index (χ2n) is 7.64. The minimum atomic E-state index is -0.192. The van der Waals surface area contributed by atoms with Gasteiger partial charge in [0, 0.05) is 43.5 Å². The molecule has 0 N–H and O–H groups in total. The zero-order chi connectivity index (χ0) is 19.0. The van der Waals surface area contributed by atoms with Crippen LogP contribution in [0.2, 0.25) is 0 Å². The van der Waals surface area contributed by atoms with Gasteiger partial charge in [0.2, 0.25) is 11.7 Å². The number of hydrogen-bond donors (Lipinski definition) is 0. The molecule has 0 spiro atoms. The third-order valence-corrected chi connectivity index (χ3v) is 5.64. The van der Waals surface area contributed by atoms with Crippen molar-refractivity contribution < 1.29 is 9.59 Å². The summed E-state index contributed by atoms with van der Waals surface area (Å²) in [4.78, 5) is 37.8. The van der Waals surface area contributed by atoms with Crippen LogP contribution in [0.5, 0.6) is 0 Å². The van der Waals surface area contributed by atoms with Crippen LogP contribution in [0, 0.1) is 19.8 Å². The Hall–Kier alpha value is -2.51. The smallest absolute Gasteiger partial charge is 0.293 e. The van der Waals surface area contributed by atoms with E-state index in [9.17, 15) is 9.59 Å². The van der Waals surface area contributed by atoms with Crippen LogP contribution in [0.25, 0.3) is 5.78 Å². The molecule has 0 unspecified atom stereocenters. The van der Waals surface area contributed by atoms with Crippen LogP contribution in [0.1, 0.15) is 54.1 Å². The summed E-state index contributed by atoms with van der Waals surface area (Å²) < 4.78 is 1.60. The van der Waals surface area contributed by atoms with Crippen molar-refractivity contribution in [2.24, 2.45) is 5.92 Å². The van der Waals surface area contributed by atoms with Crippen LogP contribution in [0.3, 0.4) is 0 Å². The van der Waals surface area contributed by atoms with Crippen molar-refractivity contribution in [1.29, 1.82) is 0 Å². The van der Waals surface area contributed by atoms with Crippen molar-refractivity contribution in [2.75, 3.05) is 26.2 Å². The van der Waals surface area contributed by atoms with E-state index in [0.717, 1.165) is 37.1 Å². The summed E-state index contributed by atoms with van der Waals surface area (Å²) in [5.41, 5.74) is 1.74. The molecule has 2 fully saturated rings. The van der Waals surface area contributed by atoms with E-state index < -0.39 is 0 Å². The van der Waals surface area contributed by atoms with E-state index in [0.29, 0.717) is 32.0 Å². The molecule has 27 heavy (non-hydrogen) atoms. The van der Waals surface area contributed by atoms with Gasteiger partial charge in [0.25, 0.3) is 11.7 Å². The number of aryl methyl sites for hydroxylation is 2. The summed E-state index contributed by atoms with van der Waals surface area (Å²) in [5, 5.41) is 4.33. The number of nitrogens with zero attached hydrogens (tertiary/aromatic N) is 6. The molecule has 1 saturated heterocycles. The van der Waals surface area contributed by atoms with Crippen LogP contribution in [-0.4, -0.2) is 67.4 Å². The molecular formula is C19H26N6O2. The molecule has 2 aromatic rings. The number of amides is 2. The fourth-order valence-corrected chi connectivity index (χ4v) is 4.14. The minimum Gasteiger partial charge on any atom is -0.339 e. The Morgan fingerprint density at radius 2 is 1.63 bits per heavy atom. The molecular weight excluding hydrogens is 344 g/mol. The topological polar surface area (TPSA) is 83.7 Å². The third-order valence-electron chi connectivity index (χ3n) is 5.64. The maximum absolute atomic E-state index is 12.8.